The van der Waals surface area contributed by atoms with Crippen LogP contribution in [0.5, 0.6) is 0 Å². The minimum atomic E-state index is -0.220. The number of aromatic nitrogens is 3. The average molecular weight is 468 g/mol. The summed E-state index contributed by atoms with van der Waals surface area (Å²) in [6.07, 6.45) is 1.72. The standard InChI is InChI=1S/C22H18BrN3O2S/c1-14(15-6-3-2-4-7-15)26-21(28)17-12-16(23)9-10-18(17)25-22(26)29-13-20(27)19-8-5-11-24-19/h2-12,14,24H,13H2,1H3. The Kier molecular flexibility index (Phi) is 5.69. The molecule has 0 saturated heterocycles. The fourth-order valence-electron chi connectivity index (χ4n) is 3.19. The zero-order valence-corrected chi connectivity index (χ0v) is 18.0. The molecule has 5 nitrogen and oxygen atoms in total. The van der Waals surface area contributed by atoms with E-state index in [-0.39, 0.29) is 23.1 Å². The molecule has 1 N–H and O–H groups in total. The number of aromatic amines is 1. The maximum Gasteiger partial charge on any atom is 0.262 e. The average Bonchev–Trinajstić information content (AvgIpc) is 3.28. The summed E-state index contributed by atoms with van der Waals surface area (Å²) in [5, 5.41) is 1.07. The summed E-state index contributed by atoms with van der Waals surface area (Å²) in [5.74, 6) is 0.153. The van der Waals surface area contributed by atoms with Gasteiger partial charge >= 0.3 is 0 Å². The first-order valence-corrected chi connectivity index (χ1v) is 10.9. The number of H-pyrrole nitrogens is 1. The molecule has 4 rings (SSSR count). The van der Waals surface area contributed by atoms with E-state index in [1.807, 2.05) is 49.4 Å². The highest BCUT2D eigenvalue weighted by Crippen LogP contribution is 2.26. The normalized spacial score (nSPS) is 12.2. The number of hydrogen-bond donors (Lipinski definition) is 1. The van der Waals surface area contributed by atoms with E-state index < -0.39 is 0 Å². The van der Waals surface area contributed by atoms with Crippen LogP contribution < -0.4 is 5.56 Å². The summed E-state index contributed by atoms with van der Waals surface area (Å²) in [6, 6.07) is 18.6. The number of nitrogens with zero attached hydrogens (tertiary/aromatic N) is 2. The minimum Gasteiger partial charge on any atom is -0.359 e. The van der Waals surface area contributed by atoms with E-state index in [0.29, 0.717) is 21.8 Å². The third kappa shape index (κ3) is 4.06. The number of rotatable bonds is 6. The lowest BCUT2D eigenvalue weighted by Crippen LogP contribution is -2.27. The van der Waals surface area contributed by atoms with E-state index in [4.69, 9.17) is 4.98 Å². The second-order valence-electron chi connectivity index (χ2n) is 6.61. The molecule has 0 radical (unpaired) electrons. The van der Waals surface area contributed by atoms with E-state index >= 15 is 0 Å². The fraction of sp³-hybridized carbons (Fsp3) is 0.136. The van der Waals surface area contributed by atoms with Crippen molar-refractivity contribution in [3.05, 3.63) is 92.9 Å². The highest BCUT2D eigenvalue weighted by molar-refractivity contribution is 9.10. The molecule has 1 atom stereocenters. The number of benzene rings is 2. The Morgan fingerprint density at radius 3 is 2.69 bits per heavy atom. The van der Waals surface area contributed by atoms with Crippen molar-refractivity contribution in [2.75, 3.05) is 5.75 Å². The molecule has 29 heavy (non-hydrogen) atoms. The van der Waals surface area contributed by atoms with Gasteiger partial charge in [0.25, 0.3) is 5.56 Å². The monoisotopic (exact) mass is 467 g/mol. The smallest absolute Gasteiger partial charge is 0.262 e. The third-order valence-electron chi connectivity index (χ3n) is 4.73. The van der Waals surface area contributed by atoms with E-state index in [2.05, 4.69) is 20.9 Å². The first kappa shape index (κ1) is 19.7. The van der Waals surface area contributed by atoms with Crippen LogP contribution in [0.3, 0.4) is 0 Å². The topological polar surface area (TPSA) is 67.8 Å². The first-order valence-electron chi connectivity index (χ1n) is 9.10. The Labute approximate surface area is 180 Å². The lowest BCUT2D eigenvalue weighted by molar-refractivity contribution is 0.101. The number of carbonyl (C=O) groups is 1. The Hall–Kier alpha value is -2.64. The molecule has 146 valence electrons. The Morgan fingerprint density at radius 1 is 1.17 bits per heavy atom. The predicted molar refractivity (Wildman–Crippen MR) is 120 cm³/mol. The fourth-order valence-corrected chi connectivity index (χ4v) is 4.51. The van der Waals surface area contributed by atoms with Crippen molar-refractivity contribution < 1.29 is 4.79 Å². The van der Waals surface area contributed by atoms with Crippen LogP contribution >= 0.6 is 27.7 Å². The van der Waals surface area contributed by atoms with E-state index in [1.54, 1.807) is 29.0 Å². The van der Waals surface area contributed by atoms with Gasteiger partial charge in [-0.1, -0.05) is 58.0 Å². The van der Waals surface area contributed by atoms with Crippen molar-refractivity contribution in [2.24, 2.45) is 0 Å². The maximum absolute atomic E-state index is 13.4. The van der Waals surface area contributed by atoms with Gasteiger partial charge in [-0.15, -0.1) is 0 Å². The molecular formula is C22H18BrN3O2S. The van der Waals surface area contributed by atoms with Gasteiger partial charge in [0.05, 0.1) is 28.4 Å². The number of hydrogen-bond acceptors (Lipinski definition) is 4. The SMILES string of the molecule is CC(c1ccccc1)n1c(SCC(=O)c2ccc[nH]2)nc2ccc(Br)cc2c1=O. The number of halogens is 1. The zero-order chi connectivity index (χ0) is 20.4. The largest absolute Gasteiger partial charge is 0.359 e. The molecule has 4 aromatic rings. The molecule has 0 bridgehead atoms. The van der Waals surface area contributed by atoms with Crippen molar-refractivity contribution >= 4 is 44.4 Å². The van der Waals surface area contributed by atoms with Crippen LogP contribution in [0.1, 0.15) is 29.0 Å². The van der Waals surface area contributed by atoms with Gasteiger partial charge in [-0.2, -0.15) is 0 Å². The summed E-state index contributed by atoms with van der Waals surface area (Å²) < 4.78 is 2.50. The van der Waals surface area contributed by atoms with Crippen molar-refractivity contribution in [2.45, 2.75) is 18.1 Å². The summed E-state index contributed by atoms with van der Waals surface area (Å²) in [7, 11) is 0. The van der Waals surface area contributed by atoms with Gasteiger partial charge in [-0.25, -0.2) is 4.98 Å². The van der Waals surface area contributed by atoms with Crippen LogP contribution in [0.2, 0.25) is 0 Å². The molecular weight excluding hydrogens is 450 g/mol. The molecule has 0 aliphatic heterocycles. The number of ketones is 1. The molecule has 2 heterocycles. The minimum absolute atomic E-state index is 0.0379. The summed E-state index contributed by atoms with van der Waals surface area (Å²) in [5.41, 5.74) is 2.04. The predicted octanol–water partition coefficient (Wildman–Crippen LogP) is 5.07. The zero-order valence-electron chi connectivity index (χ0n) is 15.6. The van der Waals surface area contributed by atoms with Gasteiger partial charge in [-0.3, -0.25) is 14.2 Å². The Balaban J connectivity index is 1.79. The Morgan fingerprint density at radius 2 is 1.97 bits per heavy atom. The van der Waals surface area contributed by atoms with Gasteiger partial charge in [-0.05, 0) is 42.8 Å². The van der Waals surface area contributed by atoms with Gasteiger partial charge in [0.15, 0.2) is 10.9 Å². The molecule has 7 heteroatoms. The van der Waals surface area contributed by atoms with Crippen LogP contribution in [0.25, 0.3) is 10.9 Å². The van der Waals surface area contributed by atoms with Gasteiger partial charge in [0, 0.05) is 10.7 Å². The molecule has 0 spiro atoms. The molecule has 1 unspecified atom stereocenters. The summed E-state index contributed by atoms with van der Waals surface area (Å²) in [6.45, 7) is 1.97. The number of carbonyl (C=O) groups excluding carboxylic acids is 1. The van der Waals surface area contributed by atoms with Crippen LogP contribution in [0.15, 0.2) is 81.3 Å². The maximum atomic E-state index is 13.4. The molecule has 2 aromatic heterocycles. The highest BCUT2D eigenvalue weighted by atomic mass is 79.9. The molecule has 2 aromatic carbocycles. The van der Waals surface area contributed by atoms with Crippen LogP contribution in [0, 0.1) is 0 Å². The van der Waals surface area contributed by atoms with Crippen molar-refractivity contribution in [3.63, 3.8) is 0 Å². The molecule has 0 saturated carbocycles. The van der Waals surface area contributed by atoms with Gasteiger partial charge in [0.1, 0.15) is 0 Å². The second-order valence-corrected chi connectivity index (χ2v) is 8.47. The van der Waals surface area contributed by atoms with Crippen LogP contribution in [-0.2, 0) is 0 Å². The number of fused-ring (bicyclic) bond motifs is 1. The second kappa shape index (κ2) is 8.39. The van der Waals surface area contributed by atoms with E-state index in [0.717, 1.165) is 10.0 Å². The lowest BCUT2D eigenvalue weighted by atomic mass is 10.1. The third-order valence-corrected chi connectivity index (χ3v) is 6.18. The quantitative estimate of drug-likeness (QED) is 0.244. The number of Topliss-reactive ketones (excluding diaryl/α,β-unsaturated/α-hetero) is 1. The lowest BCUT2D eigenvalue weighted by Gasteiger charge is -2.20. The molecule has 0 aliphatic carbocycles. The Bertz CT molecular complexity index is 1220. The van der Waals surface area contributed by atoms with Gasteiger partial charge < -0.3 is 4.98 Å². The molecule has 0 amide bonds. The summed E-state index contributed by atoms with van der Waals surface area (Å²) >= 11 is 4.71. The molecule has 0 aliphatic rings. The number of thioether (sulfide) groups is 1. The van der Waals surface area contributed by atoms with Crippen molar-refractivity contribution in [3.8, 4) is 0 Å². The van der Waals surface area contributed by atoms with Crippen molar-refractivity contribution in [1.82, 2.24) is 14.5 Å². The first-order chi connectivity index (χ1) is 14.0. The summed E-state index contributed by atoms with van der Waals surface area (Å²) in [4.78, 5) is 33.5. The number of nitrogens with one attached hydrogen (secondary N) is 1. The molecule has 0 fully saturated rings. The van der Waals surface area contributed by atoms with Crippen LogP contribution in [-0.4, -0.2) is 26.1 Å². The van der Waals surface area contributed by atoms with E-state index in [9.17, 15) is 9.59 Å². The van der Waals surface area contributed by atoms with Crippen LogP contribution in [0.4, 0.5) is 0 Å². The van der Waals surface area contributed by atoms with Gasteiger partial charge in [0.2, 0.25) is 0 Å². The van der Waals surface area contributed by atoms with Crippen molar-refractivity contribution in [1.29, 1.82) is 0 Å². The van der Waals surface area contributed by atoms with E-state index in [1.165, 1.54) is 11.8 Å². The highest BCUT2D eigenvalue weighted by Gasteiger charge is 2.19.